The monoisotopic (exact) mass is 235 g/mol. The average molecular weight is 235 g/mol. The number of rotatable bonds is 3. The molecule has 0 aliphatic heterocycles. The van der Waals surface area contributed by atoms with Gasteiger partial charge >= 0.3 is 6.01 Å². The molecule has 0 radical (unpaired) electrons. The van der Waals surface area contributed by atoms with Crippen molar-refractivity contribution < 1.29 is 4.74 Å². The molecule has 0 bridgehead atoms. The second-order valence-electron chi connectivity index (χ2n) is 3.71. The molecule has 0 spiro atoms. The van der Waals surface area contributed by atoms with E-state index in [0.29, 0.717) is 11.5 Å². The summed E-state index contributed by atoms with van der Waals surface area (Å²) in [4.78, 5) is 12.1. The number of aryl methyl sites for hydroxylation is 1. The number of nitrogens with zero attached hydrogens (tertiary/aromatic N) is 6. The van der Waals surface area contributed by atoms with Gasteiger partial charge in [0.15, 0.2) is 5.82 Å². The molecular formula is C9H13N7O. The highest BCUT2D eigenvalue weighted by molar-refractivity contribution is 5.49. The van der Waals surface area contributed by atoms with Gasteiger partial charge < -0.3 is 10.5 Å². The Bertz CT molecular complexity index is 522. The average Bonchev–Trinajstić information content (AvgIpc) is 2.62. The number of hydrogen-bond acceptors (Lipinski definition) is 7. The van der Waals surface area contributed by atoms with Gasteiger partial charge in [0.1, 0.15) is 5.69 Å². The summed E-state index contributed by atoms with van der Waals surface area (Å²) in [5.74, 6) is 0.493. The highest BCUT2D eigenvalue weighted by atomic mass is 16.5. The second kappa shape index (κ2) is 4.32. The zero-order valence-corrected chi connectivity index (χ0v) is 9.82. The molecule has 2 rings (SSSR count). The molecule has 90 valence electrons. The van der Waals surface area contributed by atoms with Crippen molar-refractivity contribution in [3.8, 4) is 17.5 Å². The number of anilines is 1. The first-order valence-corrected chi connectivity index (χ1v) is 5.09. The van der Waals surface area contributed by atoms with Crippen molar-refractivity contribution in [2.75, 3.05) is 5.73 Å². The van der Waals surface area contributed by atoms with E-state index in [1.807, 2.05) is 13.8 Å². The van der Waals surface area contributed by atoms with Crippen molar-refractivity contribution >= 4 is 5.95 Å². The standard InChI is InChI=1S/C9H13N7O/c1-5(2)17-9-13-7(12-8(10)14-9)6-4-11-15-16(6)3/h4-5H,1-3H3,(H2,10,12,13,14). The van der Waals surface area contributed by atoms with Crippen LogP contribution in [0.15, 0.2) is 6.20 Å². The summed E-state index contributed by atoms with van der Waals surface area (Å²) in [6, 6.07) is 0.198. The Labute approximate surface area is 97.9 Å². The Hall–Kier alpha value is -2.25. The summed E-state index contributed by atoms with van der Waals surface area (Å²) in [6.45, 7) is 3.76. The summed E-state index contributed by atoms with van der Waals surface area (Å²) in [6.07, 6.45) is 1.52. The van der Waals surface area contributed by atoms with Gasteiger partial charge in [-0.3, -0.25) is 0 Å². The highest BCUT2D eigenvalue weighted by Gasteiger charge is 2.12. The van der Waals surface area contributed by atoms with Crippen LogP contribution >= 0.6 is 0 Å². The molecular weight excluding hydrogens is 222 g/mol. The van der Waals surface area contributed by atoms with Gasteiger partial charge in [-0.25, -0.2) is 4.68 Å². The number of hydrogen-bond donors (Lipinski definition) is 1. The first-order valence-electron chi connectivity index (χ1n) is 5.09. The van der Waals surface area contributed by atoms with E-state index in [1.165, 1.54) is 0 Å². The van der Waals surface area contributed by atoms with Crippen molar-refractivity contribution in [1.82, 2.24) is 29.9 Å². The SMILES string of the molecule is CC(C)Oc1nc(N)nc(-c2cnnn2C)n1. The molecule has 2 aromatic rings. The highest BCUT2D eigenvalue weighted by Crippen LogP contribution is 2.16. The third-order valence-electron chi connectivity index (χ3n) is 1.92. The van der Waals surface area contributed by atoms with Gasteiger partial charge in [0, 0.05) is 7.05 Å². The topological polar surface area (TPSA) is 105 Å². The Balaban J connectivity index is 2.42. The Kier molecular flexibility index (Phi) is 2.86. The van der Waals surface area contributed by atoms with Gasteiger partial charge in [-0.05, 0) is 13.8 Å². The molecule has 0 atom stereocenters. The van der Waals surface area contributed by atoms with Crippen molar-refractivity contribution in [3.63, 3.8) is 0 Å². The van der Waals surface area contributed by atoms with Crippen LogP contribution in [0.25, 0.3) is 11.5 Å². The molecule has 0 aliphatic rings. The van der Waals surface area contributed by atoms with Crippen LogP contribution in [0.1, 0.15) is 13.8 Å². The summed E-state index contributed by atoms with van der Waals surface area (Å²) in [7, 11) is 1.74. The fourth-order valence-corrected chi connectivity index (χ4v) is 1.24. The van der Waals surface area contributed by atoms with Gasteiger partial charge in [0.25, 0.3) is 0 Å². The molecule has 2 N–H and O–H groups in total. The lowest BCUT2D eigenvalue weighted by Crippen LogP contribution is -2.11. The van der Waals surface area contributed by atoms with Crippen molar-refractivity contribution in [2.24, 2.45) is 7.05 Å². The molecule has 17 heavy (non-hydrogen) atoms. The van der Waals surface area contributed by atoms with E-state index in [-0.39, 0.29) is 18.1 Å². The largest absolute Gasteiger partial charge is 0.461 e. The summed E-state index contributed by atoms with van der Waals surface area (Å²) < 4.78 is 6.93. The Morgan fingerprint density at radius 1 is 1.29 bits per heavy atom. The van der Waals surface area contributed by atoms with E-state index in [0.717, 1.165) is 0 Å². The van der Waals surface area contributed by atoms with E-state index >= 15 is 0 Å². The molecule has 0 saturated heterocycles. The molecule has 0 amide bonds. The van der Waals surface area contributed by atoms with Crippen molar-refractivity contribution in [2.45, 2.75) is 20.0 Å². The first-order chi connectivity index (χ1) is 8.06. The van der Waals surface area contributed by atoms with Gasteiger partial charge in [0.2, 0.25) is 5.95 Å². The van der Waals surface area contributed by atoms with Crippen molar-refractivity contribution in [3.05, 3.63) is 6.20 Å². The minimum Gasteiger partial charge on any atom is -0.461 e. The van der Waals surface area contributed by atoms with E-state index in [1.54, 1.807) is 17.9 Å². The van der Waals surface area contributed by atoms with Gasteiger partial charge in [-0.1, -0.05) is 5.21 Å². The molecule has 0 aromatic carbocycles. The summed E-state index contributed by atoms with van der Waals surface area (Å²) >= 11 is 0. The van der Waals surface area contributed by atoms with Crippen LogP contribution in [-0.2, 0) is 7.05 Å². The first kappa shape index (κ1) is 11.2. The molecule has 0 saturated carbocycles. The molecule has 0 unspecified atom stereocenters. The van der Waals surface area contributed by atoms with Crippen molar-refractivity contribution in [1.29, 1.82) is 0 Å². The van der Waals surface area contributed by atoms with E-state index in [4.69, 9.17) is 10.5 Å². The number of nitrogens with two attached hydrogens (primary N) is 1. The van der Waals surface area contributed by atoms with Crippen LogP contribution in [0.2, 0.25) is 0 Å². The predicted octanol–water partition coefficient (Wildman–Crippen LogP) is 0.0365. The third-order valence-corrected chi connectivity index (χ3v) is 1.92. The smallest absolute Gasteiger partial charge is 0.322 e. The van der Waals surface area contributed by atoms with Gasteiger partial charge in [-0.15, -0.1) is 5.10 Å². The molecule has 8 nitrogen and oxygen atoms in total. The van der Waals surface area contributed by atoms with E-state index < -0.39 is 0 Å². The Morgan fingerprint density at radius 3 is 2.65 bits per heavy atom. The Morgan fingerprint density at radius 2 is 2.06 bits per heavy atom. The number of nitrogen functional groups attached to an aromatic ring is 1. The molecule has 2 aromatic heterocycles. The normalized spacial score (nSPS) is 10.8. The minimum absolute atomic E-state index is 0.0330. The summed E-state index contributed by atoms with van der Waals surface area (Å²) in [5, 5.41) is 7.55. The fraction of sp³-hybridized carbons (Fsp3) is 0.444. The lowest BCUT2D eigenvalue weighted by molar-refractivity contribution is 0.222. The number of ether oxygens (including phenoxy) is 1. The zero-order chi connectivity index (χ0) is 12.4. The van der Waals surface area contributed by atoms with Crippen LogP contribution in [-0.4, -0.2) is 36.0 Å². The second-order valence-corrected chi connectivity index (χ2v) is 3.71. The van der Waals surface area contributed by atoms with Crippen LogP contribution in [0.4, 0.5) is 5.95 Å². The third kappa shape index (κ3) is 2.47. The lowest BCUT2D eigenvalue weighted by atomic mass is 10.4. The maximum atomic E-state index is 5.60. The molecule has 0 aliphatic carbocycles. The molecule has 0 fully saturated rings. The lowest BCUT2D eigenvalue weighted by Gasteiger charge is -2.08. The van der Waals surface area contributed by atoms with Crippen LogP contribution in [0.5, 0.6) is 6.01 Å². The van der Waals surface area contributed by atoms with Gasteiger partial charge in [0.05, 0.1) is 12.3 Å². The number of aromatic nitrogens is 6. The molecule has 2 heterocycles. The summed E-state index contributed by atoms with van der Waals surface area (Å²) in [5.41, 5.74) is 6.25. The van der Waals surface area contributed by atoms with E-state index in [2.05, 4.69) is 25.3 Å². The quantitative estimate of drug-likeness (QED) is 0.800. The van der Waals surface area contributed by atoms with Crippen LogP contribution in [0, 0.1) is 0 Å². The van der Waals surface area contributed by atoms with Gasteiger partial charge in [-0.2, -0.15) is 15.0 Å². The maximum absolute atomic E-state index is 5.60. The zero-order valence-electron chi connectivity index (χ0n) is 9.82. The molecule has 8 heteroatoms. The minimum atomic E-state index is -0.0330. The fourth-order valence-electron chi connectivity index (χ4n) is 1.24. The van der Waals surface area contributed by atoms with E-state index in [9.17, 15) is 0 Å². The van der Waals surface area contributed by atoms with Crippen LogP contribution < -0.4 is 10.5 Å². The van der Waals surface area contributed by atoms with Crippen LogP contribution in [0.3, 0.4) is 0 Å². The predicted molar refractivity (Wildman–Crippen MR) is 60.0 cm³/mol. The maximum Gasteiger partial charge on any atom is 0.322 e.